The first-order valence-electron chi connectivity index (χ1n) is 11.9. The van der Waals surface area contributed by atoms with Gasteiger partial charge in [0.05, 0.1) is 19.8 Å². The van der Waals surface area contributed by atoms with Gasteiger partial charge in [-0.25, -0.2) is 4.79 Å². The predicted molar refractivity (Wildman–Crippen MR) is 146 cm³/mol. The second kappa shape index (κ2) is 11.6. The molecule has 0 spiro atoms. The first-order valence-corrected chi connectivity index (χ1v) is 14.9. The van der Waals surface area contributed by atoms with E-state index in [9.17, 15) is 4.79 Å². The summed E-state index contributed by atoms with van der Waals surface area (Å²) >= 11 is 0. The highest BCUT2D eigenvalue weighted by Gasteiger charge is 2.37. The van der Waals surface area contributed by atoms with Gasteiger partial charge in [-0.05, 0) is 58.2 Å². The van der Waals surface area contributed by atoms with Gasteiger partial charge in [-0.15, -0.1) is 0 Å². The summed E-state index contributed by atoms with van der Waals surface area (Å²) in [6, 6.07) is 21.6. The summed E-state index contributed by atoms with van der Waals surface area (Å²) in [5.74, 6) is 0.835. The molecule has 1 unspecified atom stereocenters. The number of carbonyl (C=O) groups excluding carboxylic acids is 1. The monoisotopic (exact) mass is 491 g/mol. The zero-order valence-electron chi connectivity index (χ0n) is 21.6. The van der Waals surface area contributed by atoms with Crippen LogP contribution in [-0.2, 0) is 15.8 Å². The van der Waals surface area contributed by atoms with Crippen LogP contribution in [0.2, 0.25) is 18.1 Å². The maximum absolute atomic E-state index is 12.6. The highest BCUT2D eigenvalue weighted by Crippen LogP contribution is 2.36. The molecule has 0 heterocycles. The molecule has 5 nitrogen and oxygen atoms in total. The fraction of sp³-hybridized carbons (Fsp3) is 0.345. The summed E-state index contributed by atoms with van der Waals surface area (Å²) in [7, 11) is -0.313. The highest BCUT2D eigenvalue weighted by atomic mass is 28.4. The molecule has 0 saturated heterocycles. The molecule has 1 N–H and O–H groups in total. The summed E-state index contributed by atoms with van der Waals surface area (Å²) in [6.45, 7) is 11.6. The van der Waals surface area contributed by atoms with Gasteiger partial charge in [0.15, 0.2) is 8.32 Å². The first kappa shape index (κ1) is 26.5. The zero-order chi connectivity index (χ0) is 25.5. The lowest BCUT2D eigenvalue weighted by molar-refractivity contribution is 0.133. The molecule has 6 heteroatoms. The predicted octanol–water partition coefficient (Wildman–Crippen LogP) is 7.18. The van der Waals surface area contributed by atoms with E-state index in [4.69, 9.17) is 13.9 Å². The van der Waals surface area contributed by atoms with E-state index in [-0.39, 0.29) is 17.7 Å². The number of hydrogen-bond acceptors (Lipinski definition) is 4. The van der Waals surface area contributed by atoms with Gasteiger partial charge in [0, 0.05) is 0 Å². The van der Waals surface area contributed by atoms with E-state index in [1.807, 2.05) is 60.7 Å². The lowest BCUT2D eigenvalue weighted by Crippen LogP contribution is -2.45. The molecular weight excluding hydrogens is 454 g/mol. The van der Waals surface area contributed by atoms with Crippen molar-refractivity contribution < 1.29 is 18.7 Å². The number of ether oxygens (including phenoxy) is 2. The molecule has 3 aromatic carbocycles. The number of methoxy groups -OCH3 is 1. The van der Waals surface area contributed by atoms with E-state index >= 15 is 0 Å². The van der Waals surface area contributed by atoms with Crippen molar-refractivity contribution in [1.29, 1.82) is 0 Å². The average Bonchev–Trinajstić information content (AvgIpc) is 2.84. The Morgan fingerprint density at radius 3 is 2.37 bits per heavy atom. The minimum absolute atomic E-state index is 0.0779. The second-order valence-electron chi connectivity index (χ2n) is 10.2. The van der Waals surface area contributed by atoms with Crippen LogP contribution in [0.3, 0.4) is 0 Å². The molecule has 0 fully saturated rings. The van der Waals surface area contributed by atoms with Crippen molar-refractivity contribution in [2.24, 2.45) is 0 Å². The van der Waals surface area contributed by atoms with Crippen LogP contribution in [0, 0.1) is 0 Å². The van der Waals surface area contributed by atoms with Gasteiger partial charge in [-0.3, -0.25) is 0 Å². The molecule has 0 saturated carbocycles. The summed E-state index contributed by atoms with van der Waals surface area (Å²) < 4.78 is 17.2. The van der Waals surface area contributed by atoms with Gasteiger partial charge in [0.2, 0.25) is 0 Å². The molecule has 35 heavy (non-hydrogen) atoms. The average molecular weight is 492 g/mol. The van der Waals surface area contributed by atoms with Gasteiger partial charge in [-0.1, -0.05) is 81.5 Å². The fourth-order valence-corrected chi connectivity index (χ4v) is 4.31. The van der Waals surface area contributed by atoms with E-state index in [1.54, 1.807) is 7.11 Å². The van der Waals surface area contributed by atoms with Crippen molar-refractivity contribution in [2.45, 2.75) is 51.6 Å². The summed E-state index contributed by atoms with van der Waals surface area (Å²) in [6.07, 6.45) is 3.52. The number of fused-ring (bicyclic) bond motifs is 1. The third-order valence-corrected chi connectivity index (χ3v) is 11.0. The van der Waals surface area contributed by atoms with Gasteiger partial charge in [0.1, 0.15) is 12.4 Å². The smallest absolute Gasteiger partial charge is 0.408 e. The molecule has 1 atom stereocenters. The Morgan fingerprint density at radius 1 is 1.00 bits per heavy atom. The Kier molecular flexibility index (Phi) is 8.75. The quantitative estimate of drug-likeness (QED) is 0.322. The van der Waals surface area contributed by atoms with Gasteiger partial charge in [0.25, 0.3) is 0 Å². The Labute approximate surface area is 210 Å². The molecular formula is C29H37NO4Si. The molecule has 0 bridgehead atoms. The molecule has 0 radical (unpaired) electrons. The fourth-order valence-electron chi connectivity index (χ4n) is 3.28. The van der Waals surface area contributed by atoms with Crippen molar-refractivity contribution >= 4 is 31.3 Å². The number of rotatable bonds is 9. The van der Waals surface area contributed by atoms with Crippen LogP contribution in [0.4, 0.5) is 4.79 Å². The standard InChI is InChI=1S/C29H37NO4Si/c1-29(2,3)35(5,6)34-21-26(30-28(31)33-20-23-10-8-7-9-11-23)16-13-22-12-14-25-19-27(32-4)17-15-24(25)18-22/h7-19,26H,20-21H2,1-6H3,(H,30,31)/b16-13+. The highest BCUT2D eigenvalue weighted by molar-refractivity contribution is 6.74. The normalized spacial score (nSPS) is 13.1. The number of carbonyl (C=O) groups is 1. The Balaban J connectivity index is 1.72. The van der Waals surface area contributed by atoms with Crippen molar-refractivity contribution in [3.63, 3.8) is 0 Å². The van der Waals surface area contributed by atoms with Gasteiger partial charge in [-0.2, -0.15) is 0 Å². The third-order valence-electron chi connectivity index (χ3n) is 6.54. The van der Waals surface area contributed by atoms with Crippen LogP contribution in [0.5, 0.6) is 5.75 Å². The number of alkyl carbamates (subject to hydrolysis) is 1. The Bertz CT molecular complexity index is 1150. The molecule has 0 aliphatic heterocycles. The number of nitrogens with one attached hydrogen (secondary N) is 1. The van der Waals surface area contributed by atoms with Crippen LogP contribution in [0.15, 0.2) is 72.8 Å². The van der Waals surface area contributed by atoms with E-state index in [2.05, 4.69) is 57.4 Å². The van der Waals surface area contributed by atoms with Crippen LogP contribution in [-0.4, -0.2) is 34.2 Å². The van der Waals surface area contributed by atoms with Gasteiger partial charge >= 0.3 is 6.09 Å². The third kappa shape index (κ3) is 7.70. The molecule has 0 aliphatic rings. The van der Waals surface area contributed by atoms with E-state index in [0.29, 0.717) is 6.61 Å². The Morgan fingerprint density at radius 2 is 1.69 bits per heavy atom. The topological polar surface area (TPSA) is 56.8 Å². The van der Waals surface area contributed by atoms with Crippen molar-refractivity contribution in [3.05, 3.63) is 83.9 Å². The summed E-state index contributed by atoms with van der Waals surface area (Å²) in [4.78, 5) is 12.6. The minimum Gasteiger partial charge on any atom is -0.497 e. The van der Waals surface area contributed by atoms with Crippen LogP contribution < -0.4 is 10.1 Å². The van der Waals surface area contributed by atoms with Crippen LogP contribution in [0.1, 0.15) is 31.9 Å². The molecule has 0 aromatic heterocycles. The van der Waals surface area contributed by atoms with Crippen molar-refractivity contribution in [2.75, 3.05) is 13.7 Å². The maximum atomic E-state index is 12.6. The maximum Gasteiger partial charge on any atom is 0.408 e. The van der Waals surface area contributed by atoms with E-state index in [1.165, 1.54) is 0 Å². The molecule has 3 rings (SSSR count). The first-order chi connectivity index (χ1) is 16.6. The lowest BCUT2D eigenvalue weighted by Gasteiger charge is -2.37. The Hall–Kier alpha value is -3.09. The van der Waals surface area contributed by atoms with E-state index < -0.39 is 14.4 Å². The van der Waals surface area contributed by atoms with Crippen LogP contribution in [0.25, 0.3) is 16.8 Å². The van der Waals surface area contributed by atoms with E-state index in [0.717, 1.165) is 27.6 Å². The largest absolute Gasteiger partial charge is 0.497 e. The molecule has 186 valence electrons. The zero-order valence-corrected chi connectivity index (χ0v) is 22.6. The second-order valence-corrected chi connectivity index (χ2v) is 15.0. The molecule has 1 amide bonds. The SMILES string of the molecule is COc1ccc2cc(/C=C/C(CO[Si](C)(C)C(C)(C)C)NC(=O)OCc3ccccc3)ccc2c1. The number of hydrogen-bond donors (Lipinski definition) is 1. The van der Waals surface area contributed by atoms with Crippen molar-refractivity contribution in [3.8, 4) is 5.75 Å². The lowest BCUT2D eigenvalue weighted by atomic mass is 10.1. The molecule has 3 aromatic rings. The van der Waals surface area contributed by atoms with Crippen molar-refractivity contribution in [1.82, 2.24) is 5.32 Å². The number of benzene rings is 3. The van der Waals surface area contributed by atoms with Crippen LogP contribution >= 0.6 is 0 Å². The van der Waals surface area contributed by atoms with Gasteiger partial charge < -0.3 is 19.2 Å². The minimum atomic E-state index is -1.98. The summed E-state index contributed by atoms with van der Waals surface area (Å²) in [5.41, 5.74) is 1.99. The summed E-state index contributed by atoms with van der Waals surface area (Å²) in [5, 5.41) is 5.28. The molecule has 0 aliphatic carbocycles. The number of amides is 1.